The van der Waals surface area contributed by atoms with E-state index in [1.54, 1.807) is 4.90 Å². The number of thiophene rings is 1. The van der Waals surface area contributed by atoms with Crippen LogP contribution in [0.15, 0.2) is 12.1 Å². The van der Waals surface area contributed by atoms with E-state index in [0.717, 1.165) is 29.0 Å². The highest BCUT2D eigenvalue weighted by molar-refractivity contribution is 7.13. The molecule has 1 aromatic heterocycles. The van der Waals surface area contributed by atoms with Gasteiger partial charge >= 0.3 is 0 Å². The molecule has 2 aliphatic heterocycles. The summed E-state index contributed by atoms with van der Waals surface area (Å²) in [4.78, 5) is 41.1. The molecule has 2 aliphatic rings. The van der Waals surface area contributed by atoms with Crippen LogP contribution in [-0.2, 0) is 9.59 Å². The lowest BCUT2D eigenvalue weighted by Crippen LogP contribution is -2.53. The number of likely N-dealkylation sites (tertiary alicyclic amines) is 2. The second-order valence-corrected chi connectivity index (χ2v) is 8.21. The van der Waals surface area contributed by atoms with Gasteiger partial charge in [0.05, 0.1) is 11.4 Å². The molecule has 1 aromatic rings. The van der Waals surface area contributed by atoms with Gasteiger partial charge < -0.3 is 15.5 Å². The van der Waals surface area contributed by atoms with Crippen molar-refractivity contribution in [2.45, 2.75) is 32.6 Å². The number of nitrogens with two attached hydrogens (primary N) is 1. The van der Waals surface area contributed by atoms with E-state index in [1.165, 1.54) is 11.3 Å². The van der Waals surface area contributed by atoms with Gasteiger partial charge in [0.15, 0.2) is 0 Å². The summed E-state index contributed by atoms with van der Waals surface area (Å²) in [6, 6.07) is 3.86. The summed E-state index contributed by atoms with van der Waals surface area (Å²) in [7, 11) is 0. The van der Waals surface area contributed by atoms with Crippen LogP contribution in [0.2, 0.25) is 0 Å². The minimum Gasteiger partial charge on any atom is -0.368 e. The lowest BCUT2D eigenvalue weighted by atomic mass is 9.72. The summed E-state index contributed by atoms with van der Waals surface area (Å²) in [5.74, 6) is -0.364. The van der Waals surface area contributed by atoms with Crippen molar-refractivity contribution in [2.24, 2.45) is 11.1 Å². The van der Waals surface area contributed by atoms with Crippen molar-refractivity contribution in [3.8, 4) is 0 Å². The Labute approximate surface area is 145 Å². The predicted molar refractivity (Wildman–Crippen MR) is 91.6 cm³/mol. The number of hydrogen-bond donors (Lipinski definition) is 1. The molecule has 0 bridgehead atoms. The van der Waals surface area contributed by atoms with Gasteiger partial charge in [0.1, 0.15) is 0 Å². The first kappa shape index (κ1) is 17.0. The Morgan fingerprint density at radius 1 is 1.25 bits per heavy atom. The van der Waals surface area contributed by atoms with Gasteiger partial charge in [0.2, 0.25) is 11.8 Å². The van der Waals surface area contributed by atoms with Crippen molar-refractivity contribution >= 4 is 29.1 Å². The molecular weight excluding hydrogens is 326 g/mol. The van der Waals surface area contributed by atoms with Crippen molar-refractivity contribution in [3.05, 3.63) is 21.9 Å². The van der Waals surface area contributed by atoms with Crippen LogP contribution in [0.3, 0.4) is 0 Å². The Bertz CT molecular complexity index is 662. The standard InChI is InChI=1S/C17H23N3O3S/c1-12-2-3-13(24-12)16(23)19-8-6-17(7-9-19)5-4-15(22)20(11-17)10-14(18)21/h2-3H,4-11H2,1H3,(H2,18,21). The molecule has 3 heterocycles. The lowest BCUT2D eigenvalue weighted by Gasteiger charge is -2.47. The Morgan fingerprint density at radius 3 is 2.54 bits per heavy atom. The molecule has 0 unspecified atom stereocenters. The average molecular weight is 349 g/mol. The number of piperidine rings is 2. The Balaban J connectivity index is 1.62. The van der Waals surface area contributed by atoms with Crippen LogP contribution < -0.4 is 5.73 Å². The molecule has 0 atom stereocenters. The van der Waals surface area contributed by atoms with E-state index >= 15 is 0 Å². The van der Waals surface area contributed by atoms with Crippen molar-refractivity contribution in [3.63, 3.8) is 0 Å². The van der Waals surface area contributed by atoms with Gasteiger partial charge in [-0.3, -0.25) is 14.4 Å². The second-order valence-electron chi connectivity index (χ2n) is 6.92. The number of carbonyl (C=O) groups excluding carboxylic acids is 3. The fourth-order valence-corrected chi connectivity index (χ4v) is 4.57. The molecule has 2 saturated heterocycles. The topological polar surface area (TPSA) is 83.7 Å². The van der Waals surface area contributed by atoms with E-state index < -0.39 is 5.91 Å². The number of aryl methyl sites for hydroxylation is 1. The third-order valence-electron chi connectivity index (χ3n) is 5.16. The Morgan fingerprint density at radius 2 is 1.96 bits per heavy atom. The maximum atomic E-state index is 12.6. The Hall–Kier alpha value is -1.89. The summed E-state index contributed by atoms with van der Waals surface area (Å²) in [6.07, 6.45) is 3.03. The number of nitrogens with zero attached hydrogens (tertiary/aromatic N) is 2. The Kier molecular flexibility index (Phi) is 4.62. The molecule has 24 heavy (non-hydrogen) atoms. The van der Waals surface area contributed by atoms with Gasteiger partial charge in [-0.15, -0.1) is 11.3 Å². The van der Waals surface area contributed by atoms with Gasteiger partial charge in [0, 0.05) is 30.9 Å². The first-order valence-corrected chi connectivity index (χ1v) is 9.12. The minimum absolute atomic E-state index is 0.00228. The summed E-state index contributed by atoms with van der Waals surface area (Å²) in [5.41, 5.74) is 5.27. The van der Waals surface area contributed by atoms with E-state index in [9.17, 15) is 14.4 Å². The molecule has 0 aromatic carbocycles. The highest BCUT2D eigenvalue weighted by Gasteiger charge is 2.42. The molecular formula is C17H23N3O3S. The molecule has 3 amide bonds. The van der Waals surface area contributed by atoms with Crippen LogP contribution in [0.25, 0.3) is 0 Å². The van der Waals surface area contributed by atoms with Crippen LogP contribution in [0.4, 0.5) is 0 Å². The van der Waals surface area contributed by atoms with E-state index in [2.05, 4.69) is 0 Å². The van der Waals surface area contributed by atoms with Gasteiger partial charge in [0.25, 0.3) is 5.91 Å². The largest absolute Gasteiger partial charge is 0.368 e. The molecule has 2 fully saturated rings. The van der Waals surface area contributed by atoms with Crippen LogP contribution in [-0.4, -0.2) is 53.7 Å². The molecule has 130 valence electrons. The first-order valence-electron chi connectivity index (χ1n) is 8.30. The van der Waals surface area contributed by atoms with Crippen molar-refractivity contribution < 1.29 is 14.4 Å². The van der Waals surface area contributed by atoms with Crippen LogP contribution in [0, 0.1) is 12.3 Å². The smallest absolute Gasteiger partial charge is 0.263 e. The number of rotatable bonds is 3. The fraction of sp³-hybridized carbons (Fsp3) is 0.588. The summed E-state index contributed by atoms with van der Waals surface area (Å²) in [6.45, 7) is 3.98. The zero-order chi connectivity index (χ0) is 17.3. The number of amides is 3. The highest BCUT2D eigenvalue weighted by atomic mass is 32.1. The minimum atomic E-state index is -0.471. The normalized spacial score (nSPS) is 20.5. The highest BCUT2D eigenvalue weighted by Crippen LogP contribution is 2.40. The summed E-state index contributed by atoms with van der Waals surface area (Å²) in [5, 5.41) is 0. The van der Waals surface area contributed by atoms with Gasteiger partial charge in [-0.05, 0) is 43.7 Å². The zero-order valence-corrected chi connectivity index (χ0v) is 14.7. The molecule has 0 aliphatic carbocycles. The number of hydrogen-bond acceptors (Lipinski definition) is 4. The number of primary amides is 1. The third kappa shape index (κ3) is 3.45. The molecule has 7 heteroatoms. The molecule has 0 saturated carbocycles. The summed E-state index contributed by atoms with van der Waals surface area (Å²) < 4.78 is 0. The maximum Gasteiger partial charge on any atom is 0.263 e. The molecule has 2 N–H and O–H groups in total. The maximum absolute atomic E-state index is 12.6. The van der Waals surface area contributed by atoms with E-state index in [1.807, 2.05) is 24.0 Å². The molecule has 3 rings (SSSR count). The summed E-state index contributed by atoms with van der Waals surface area (Å²) >= 11 is 1.53. The second kappa shape index (κ2) is 6.55. The fourth-order valence-electron chi connectivity index (χ4n) is 3.73. The lowest BCUT2D eigenvalue weighted by molar-refractivity contribution is -0.142. The van der Waals surface area contributed by atoms with Crippen LogP contribution in [0.5, 0.6) is 0 Å². The molecule has 6 nitrogen and oxygen atoms in total. The van der Waals surface area contributed by atoms with E-state index in [4.69, 9.17) is 5.73 Å². The zero-order valence-electron chi connectivity index (χ0n) is 13.9. The van der Waals surface area contributed by atoms with E-state index in [0.29, 0.717) is 26.1 Å². The van der Waals surface area contributed by atoms with Crippen LogP contribution >= 0.6 is 11.3 Å². The van der Waals surface area contributed by atoms with Crippen LogP contribution in [0.1, 0.15) is 40.2 Å². The molecule has 0 radical (unpaired) electrons. The predicted octanol–water partition coefficient (Wildman–Crippen LogP) is 1.39. The quantitative estimate of drug-likeness (QED) is 0.895. The van der Waals surface area contributed by atoms with Crippen molar-refractivity contribution in [1.82, 2.24) is 9.80 Å². The molecule has 1 spiro atoms. The van der Waals surface area contributed by atoms with E-state index in [-0.39, 0.29) is 23.8 Å². The number of carbonyl (C=O) groups is 3. The van der Waals surface area contributed by atoms with Gasteiger partial charge in [-0.2, -0.15) is 0 Å². The third-order valence-corrected chi connectivity index (χ3v) is 6.15. The van der Waals surface area contributed by atoms with Gasteiger partial charge in [-0.25, -0.2) is 0 Å². The SMILES string of the molecule is Cc1ccc(C(=O)N2CCC3(CCC(=O)N(CC(N)=O)C3)CC2)s1. The average Bonchev–Trinajstić information content (AvgIpc) is 2.97. The first-order chi connectivity index (χ1) is 11.4. The monoisotopic (exact) mass is 349 g/mol. The van der Waals surface area contributed by atoms with Crippen molar-refractivity contribution in [1.29, 1.82) is 0 Å². The van der Waals surface area contributed by atoms with Gasteiger partial charge in [-0.1, -0.05) is 0 Å². The van der Waals surface area contributed by atoms with Crippen molar-refractivity contribution in [2.75, 3.05) is 26.2 Å².